The fourth-order valence-corrected chi connectivity index (χ4v) is 6.21. The molecule has 0 spiro atoms. The molecule has 226 valence electrons. The zero-order valence-electron chi connectivity index (χ0n) is 25.9. The lowest BCUT2D eigenvalue weighted by Gasteiger charge is -2.25. The highest BCUT2D eigenvalue weighted by atomic mass is 16.5. The van der Waals surface area contributed by atoms with Crippen LogP contribution in [0.4, 0.5) is 0 Å². The summed E-state index contributed by atoms with van der Waals surface area (Å²) in [7, 11) is 5.02. The van der Waals surface area contributed by atoms with E-state index in [4.69, 9.17) is 19.2 Å². The van der Waals surface area contributed by atoms with Crippen LogP contribution in [0.15, 0.2) is 72.8 Å². The Morgan fingerprint density at radius 3 is 2.30 bits per heavy atom. The topological polar surface area (TPSA) is 64.1 Å². The van der Waals surface area contributed by atoms with Crippen molar-refractivity contribution in [1.29, 1.82) is 0 Å². The minimum absolute atomic E-state index is 0.194. The second-order valence-corrected chi connectivity index (χ2v) is 11.3. The summed E-state index contributed by atoms with van der Waals surface area (Å²) in [5.74, 6) is 2.56. The molecule has 0 bridgehead atoms. The maximum atomic E-state index is 11.8. The molecule has 5 rings (SSSR count). The summed E-state index contributed by atoms with van der Waals surface area (Å²) >= 11 is 0. The van der Waals surface area contributed by atoms with Crippen LogP contribution in [0.3, 0.4) is 0 Å². The summed E-state index contributed by atoms with van der Waals surface area (Å²) < 4.78 is 16.5. The Kier molecular flexibility index (Phi) is 10.2. The average molecular weight is 581 g/mol. The molecule has 0 saturated carbocycles. The standard InChI is InChI=1S/C37H44N2O4/c1-5-6-7-11-14-32-36-30(25-39(32)22-21-27-15-20-33(42-3)34(24-27)43-4)35(28-16-18-29(41-2)19-17-28)37(40)31(38-36)23-26-12-9-8-10-13-26/h8-10,12-13,15-20,24,32,40H,5-7,11,14,21-23,25H2,1-4H3. The van der Waals surface area contributed by atoms with Gasteiger partial charge in [-0.05, 0) is 53.8 Å². The lowest BCUT2D eigenvalue weighted by molar-refractivity contribution is 0.201. The van der Waals surface area contributed by atoms with Crippen molar-refractivity contribution in [3.05, 3.63) is 101 Å². The van der Waals surface area contributed by atoms with Crippen LogP contribution in [-0.2, 0) is 19.4 Å². The highest BCUT2D eigenvalue weighted by Crippen LogP contribution is 2.46. The first kappa shape index (κ1) is 30.4. The molecule has 6 heteroatoms. The molecule has 1 aliphatic heterocycles. The average Bonchev–Trinajstić information content (AvgIpc) is 3.39. The first-order valence-corrected chi connectivity index (χ1v) is 15.4. The van der Waals surface area contributed by atoms with E-state index in [1.807, 2.05) is 48.5 Å². The van der Waals surface area contributed by atoms with Crippen molar-refractivity contribution in [1.82, 2.24) is 9.88 Å². The molecule has 1 aromatic heterocycles. The van der Waals surface area contributed by atoms with Crippen molar-refractivity contribution in [2.75, 3.05) is 27.9 Å². The van der Waals surface area contributed by atoms with E-state index in [2.05, 4.69) is 36.1 Å². The minimum atomic E-state index is 0.194. The number of aromatic nitrogens is 1. The Bertz CT molecular complexity index is 1490. The maximum Gasteiger partial charge on any atom is 0.160 e. The number of hydrogen-bond donors (Lipinski definition) is 1. The summed E-state index contributed by atoms with van der Waals surface area (Å²) in [4.78, 5) is 7.81. The van der Waals surface area contributed by atoms with Gasteiger partial charge >= 0.3 is 0 Å². The lowest BCUT2D eigenvalue weighted by atomic mass is 9.94. The Morgan fingerprint density at radius 1 is 0.837 bits per heavy atom. The number of nitrogens with zero attached hydrogens (tertiary/aromatic N) is 2. The van der Waals surface area contributed by atoms with Crippen molar-refractivity contribution in [3.8, 4) is 34.1 Å². The van der Waals surface area contributed by atoms with Crippen molar-refractivity contribution < 1.29 is 19.3 Å². The van der Waals surface area contributed by atoms with Crippen LogP contribution in [0.5, 0.6) is 23.0 Å². The van der Waals surface area contributed by atoms with E-state index in [0.717, 1.165) is 83.2 Å². The predicted octanol–water partition coefficient (Wildman–Crippen LogP) is 8.14. The third kappa shape index (κ3) is 6.97. The molecule has 3 aromatic carbocycles. The van der Waals surface area contributed by atoms with Gasteiger partial charge in [0.15, 0.2) is 11.5 Å². The van der Waals surface area contributed by atoms with Gasteiger partial charge in [-0.2, -0.15) is 0 Å². The molecule has 43 heavy (non-hydrogen) atoms. The number of rotatable bonds is 14. The molecular weight excluding hydrogens is 536 g/mol. The third-order valence-electron chi connectivity index (χ3n) is 8.55. The number of pyridine rings is 1. The van der Waals surface area contributed by atoms with Crippen molar-refractivity contribution in [2.24, 2.45) is 0 Å². The smallest absolute Gasteiger partial charge is 0.160 e. The van der Waals surface area contributed by atoms with E-state index in [9.17, 15) is 5.11 Å². The summed E-state index contributed by atoms with van der Waals surface area (Å²) in [6, 6.07) is 24.7. The summed E-state index contributed by atoms with van der Waals surface area (Å²) in [6.07, 6.45) is 7.32. The Balaban J connectivity index is 1.53. The quantitative estimate of drug-likeness (QED) is 0.152. The van der Waals surface area contributed by atoms with Crippen LogP contribution < -0.4 is 14.2 Å². The molecule has 1 unspecified atom stereocenters. The van der Waals surface area contributed by atoms with E-state index in [1.165, 1.54) is 24.8 Å². The molecule has 1 aliphatic rings. The second kappa shape index (κ2) is 14.4. The Labute approximate surface area is 256 Å². The van der Waals surface area contributed by atoms with Crippen molar-refractivity contribution in [3.63, 3.8) is 0 Å². The number of fused-ring (bicyclic) bond motifs is 1. The maximum absolute atomic E-state index is 11.8. The monoisotopic (exact) mass is 580 g/mol. The highest BCUT2D eigenvalue weighted by Gasteiger charge is 2.35. The Morgan fingerprint density at radius 2 is 1.60 bits per heavy atom. The molecule has 0 radical (unpaired) electrons. The molecule has 6 nitrogen and oxygen atoms in total. The molecule has 1 N–H and O–H groups in total. The first-order valence-electron chi connectivity index (χ1n) is 15.4. The van der Waals surface area contributed by atoms with Gasteiger partial charge in [0.1, 0.15) is 11.5 Å². The van der Waals surface area contributed by atoms with Gasteiger partial charge in [-0.15, -0.1) is 0 Å². The zero-order valence-corrected chi connectivity index (χ0v) is 25.9. The van der Waals surface area contributed by atoms with E-state index >= 15 is 0 Å². The molecule has 0 saturated heterocycles. The first-order chi connectivity index (χ1) is 21.1. The van der Waals surface area contributed by atoms with Gasteiger partial charge in [-0.3, -0.25) is 9.88 Å². The van der Waals surface area contributed by atoms with Crippen molar-refractivity contribution >= 4 is 0 Å². The van der Waals surface area contributed by atoms with E-state index in [-0.39, 0.29) is 11.8 Å². The van der Waals surface area contributed by atoms with E-state index in [1.54, 1.807) is 21.3 Å². The van der Waals surface area contributed by atoms with Gasteiger partial charge in [0, 0.05) is 30.6 Å². The molecule has 4 aromatic rings. The summed E-state index contributed by atoms with van der Waals surface area (Å²) in [5.41, 5.74) is 7.19. The SMILES string of the molecule is CCCCCCC1c2nc(Cc3ccccc3)c(O)c(-c3ccc(OC)cc3)c2CN1CCc1ccc(OC)c(OC)c1. The largest absolute Gasteiger partial charge is 0.505 e. The molecule has 0 amide bonds. The normalized spacial score (nSPS) is 14.5. The third-order valence-corrected chi connectivity index (χ3v) is 8.55. The van der Waals surface area contributed by atoms with Crippen LogP contribution in [0, 0.1) is 0 Å². The second-order valence-electron chi connectivity index (χ2n) is 11.3. The number of benzene rings is 3. The number of unbranched alkanes of at least 4 members (excludes halogenated alkanes) is 3. The van der Waals surface area contributed by atoms with Gasteiger partial charge in [-0.1, -0.05) is 81.1 Å². The van der Waals surface area contributed by atoms with Gasteiger partial charge < -0.3 is 19.3 Å². The van der Waals surface area contributed by atoms with Crippen LogP contribution >= 0.6 is 0 Å². The van der Waals surface area contributed by atoms with Crippen LogP contribution in [0.1, 0.15) is 73.1 Å². The van der Waals surface area contributed by atoms with Gasteiger partial charge in [-0.25, -0.2) is 0 Å². The molecule has 0 aliphatic carbocycles. The fraction of sp³-hybridized carbons (Fsp3) is 0.378. The number of ether oxygens (including phenoxy) is 3. The number of methoxy groups -OCH3 is 3. The zero-order chi connectivity index (χ0) is 30.2. The van der Waals surface area contributed by atoms with Crippen LogP contribution in [0.2, 0.25) is 0 Å². The summed E-state index contributed by atoms with van der Waals surface area (Å²) in [6.45, 7) is 3.87. The molecule has 2 heterocycles. The van der Waals surface area contributed by atoms with E-state index in [0.29, 0.717) is 6.42 Å². The molecular formula is C37H44N2O4. The lowest BCUT2D eigenvalue weighted by Crippen LogP contribution is -2.25. The van der Waals surface area contributed by atoms with Gasteiger partial charge in [0.25, 0.3) is 0 Å². The van der Waals surface area contributed by atoms with Crippen LogP contribution in [0.25, 0.3) is 11.1 Å². The number of hydrogen-bond acceptors (Lipinski definition) is 6. The Hall–Kier alpha value is -4.03. The van der Waals surface area contributed by atoms with Gasteiger partial charge in [0.2, 0.25) is 0 Å². The fourth-order valence-electron chi connectivity index (χ4n) is 6.21. The highest BCUT2D eigenvalue weighted by molar-refractivity contribution is 5.76. The van der Waals surface area contributed by atoms with Crippen molar-refractivity contribution in [2.45, 2.75) is 64.5 Å². The molecule has 1 atom stereocenters. The van der Waals surface area contributed by atoms with Crippen LogP contribution in [-0.4, -0.2) is 42.9 Å². The molecule has 0 fully saturated rings. The predicted molar refractivity (Wildman–Crippen MR) is 172 cm³/mol. The van der Waals surface area contributed by atoms with Gasteiger partial charge in [0.05, 0.1) is 38.8 Å². The summed E-state index contributed by atoms with van der Waals surface area (Å²) in [5, 5.41) is 11.8. The number of aromatic hydroxyl groups is 1. The minimum Gasteiger partial charge on any atom is -0.505 e. The van der Waals surface area contributed by atoms with E-state index < -0.39 is 0 Å².